The summed E-state index contributed by atoms with van der Waals surface area (Å²) in [6.07, 6.45) is 4.34. The zero-order chi connectivity index (χ0) is 23.1. The fourth-order valence-electron chi connectivity index (χ4n) is 4.23. The van der Waals surface area contributed by atoms with E-state index in [0.717, 1.165) is 38.8 Å². The highest BCUT2D eigenvalue weighted by Crippen LogP contribution is 2.20. The van der Waals surface area contributed by atoms with Crippen molar-refractivity contribution >= 4 is 17.4 Å². The number of nitrogens with zero attached hydrogens (tertiary/aromatic N) is 4. The Labute approximate surface area is 185 Å². The number of piperidine rings is 1. The first-order chi connectivity index (χ1) is 14.7. The van der Waals surface area contributed by atoms with Crippen molar-refractivity contribution in [3.63, 3.8) is 0 Å². The van der Waals surface area contributed by atoms with Crippen LogP contribution >= 0.6 is 0 Å². The second-order valence-corrected chi connectivity index (χ2v) is 8.82. The number of aromatic amines is 1. The number of anilines is 2. The van der Waals surface area contributed by atoms with Crippen LogP contribution in [0.25, 0.3) is 0 Å². The quantitative estimate of drug-likeness (QED) is 0.575. The SMILES string of the molecule is CCCCN(C(=O)CN(C)C1CCN(C(C)C)CC1)c1c(N)n(CCC)c(=O)[nH]c1=O. The van der Waals surface area contributed by atoms with Crippen molar-refractivity contribution in [2.75, 3.05) is 43.9 Å². The normalized spacial score (nSPS) is 15.7. The van der Waals surface area contributed by atoms with Crippen molar-refractivity contribution in [1.29, 1.82) is 0 Å². The molecule has 0 saturated carbocycles. The minimum atomic E-state index is -0.604. The number of H-pyrrole nitrogens is 1. The average molecular weight is 437 g/mol. The van der Waals surface area contributed by atoms with Gasteiger partial charge in [0.2, 0.25) is 5.91 Å². The van der Waals surface area contributed by atoms with Gasteiger partial charge in [0, 0.05) is 25.2 Å². The van der Waals surface area contributed by atoms with E-state index in [0.29, 0.717) is 31.6 Å². The lowest BCUT2D eigenvalue weighted by Gasteiger charge is -2.38. The van der Waals surface area contributed by atoms with Crippen LogP contribution in [0.3, 0.4) is 0 Å². The Balaban J connectivity index is 2.23. The number of carbonyl (C=O) groups excluding carboxylic acids is 1. The summed E-state index contributed by atoms with van der Waals surface area (Å²) in [4.78, 5) is 46.5. The average Bonchev–Trinajstić information content (AvgIpc) is 2.73. The number of nitrogens with two attached hydrogens (primary N) is 1. The van der Waals surface area contributed by atoms with Gasteiger partial charge in [0.05, 0.1) is 6.54 Å². The Morgan fingerprint density at radius 3 is 2.39 bits per heavy atom. The van der Waals surface area contributed by atoms with Crippen LogP contribution in [0.4, 0.5) is 11.5 Å². The summed E-state index contributed by atoms with van der Waals surface area (Å²) < 4.78 is 1.34. The van der Waals surface area contributed by atoms with Gasteiger partial charge in [-0.1, -0.05) is 20.3 Å². The molecule has 1 aromatic rings. The van der Waals surface area contributed by atoms with Crippen LogP contribution in [0, 0.1) is 0 Å². The van der Waals surface area contributed by atoms with E-state index < -0.39 is 11.2 Å². The predicted octanol–water partition coefficient (Wildman–Crippen LogP) is 1.47. The molecule has 1 amide bonds. The number of hydrogen-bond acceptors (Lipinski definition) is 6. The summed E-state index contributed by atoms with van der Waals surface area (Å²) in [5, 5.41) is 0. The molecule has 31 heavy (non-hydrogen) atoms. The van der Waals surface area contributed by atoms with E-state index in [2.05, 4.69) is 28.6 Å². The second kappa shape index (κ2) is 11.5. The van der Waals surface area contributed by atoms with Gasteiger partial charge in [0.1, 0.15) is 5.82 Å². The first kappa shape index (κ1) is 25.1. The van der Waals surface area contributed by atoms with Gasteiger partial charge in [0.25, 0.3) is 5.56 Å². The van der Waals surface area contributed by atoms with Crippen molar-refractivity contribution < 1.29 is 4.79 Å². The zero-order valence-electron chi connectivity index (χ0n) is 19.8. The van der Waals surface area contributed by atoms with Gasteiger partial charge in [-0.05, 0) is 59.7 Å². The number of likely N-dealkylation sites (N-methyl/N-ethyl adjacent to an activating group) is 1. The molecule has 0 radical (unpaired) electrons. The topological polar surface area (TPSA) is 108 Å². The lowest BCUT2D eigenvalue weighted by atomic mass is 10.0. The summed E-state index contributed by atoms with van der Waals surface area (Å²) in [7, 11) is 1.97. The lowest BCUT2D eigenvalue weighted by Crippen LogP contribution is -2.50. The van der Waals surface area contributed by atoms with Crippen LogP contribution in [0.15, 0.2) is 9.59 Å². The number of unbranched alkanes of at least 4 members (excludes halogenated alkanes) is 1. The van der Waals surface area contributed by atoms with Crippen LogP contribution < -0.4 is 21.9 Å². The van der Waals surface area contributed by atoms with Crippen molar-refractivity contribution in [2.45, 2.75) is 78.4 Å². The van der Waals surface area contributed by atoms with Gasteiger partial charge in [-0.15, -0.1) is 0 Å². The van der Waals surface area contributed by atoms with Crippen LogP contribution in [-0.4, -0.2) is 70.6 Å². The molecule has 3 N–H and O–H groups in total. The number of nitrogen functional groups attached to an aromatic ring is 1. The maximum absolute atomic E-state index is 13.3. The van der Waals surface area contributed by atoms with Crippen molar-refractivity contribution in [3.05, 3.63) is 20.8 Å². The number of likely N-dealkylation sites (tertiary alicyclic amines) is 1. The van der Waals surface area contributed by atoms with Crippen LogP contribution in [0.1, 0.15) is 59.8 Å². The molecule has 0 spiro atoms. The van der Waals surface area contributed by atoms with Gasteiger partial charge in [0.15, 0.2) is 5.69 Å². The first-order valence-electron chi connectivity index (χ1n) is 11.6. The molecule has 1 aliphatic heterocycles. The lowest BCUT2D eigenvalue weighted by molar-refractivity contribution is -0.120. The molecule has 0 atom stereocenters. The Hall–Kier alpha value is -2.13. The van der Waals surface area contributed by atoms with E-state index >= 15 is 0 Å². The summed E-state index contributed by atoms with van der Waals surface area (Å²) >= 11 is 0. The third-order valence-corrected chi connectivity index (χ3v) is 6.20. The molecule has 1 aliphatic rings. The second-order valence-electron chi connectivity index (χ2n) is 8.82. The molecule has 9 nitrogen and oxygen atoms in total. The maximum Gasteiger partial charge on any atom is 0.330 e. The summed E-state index contributed by atoms with van der Waals surface area (Å²) in [5.74, 6) is -0.103. The van der Waals surface area contributed by atoms with Crippen molar-refractivity contribution in [1.82, 2.24) is 19.4 Å². The molecule has 176 valence electrons. The Kier molecular flexibility index (Phi) is 9.31. The molecule has 2 rings (SSSR count). The van der Waals surface area contributed by atoms with Crippen LogP contribution in [-0.2, 0) is 11.3 Å². The summed E-state index contributed by atoms with van der Waals surface area (Å²) in [6, 6.07) is 0.863. The number of carbonyl (C=O) groups is 1. The molecule has 1 saturated heterocycles. The molecule has 0 aromatic carbocycles. The molecule has 1 aromatic heterocycles. The minimum Gasteiger partial charge on any atom is -0.383 e. The van der Waals surface area contributed by atoms with Crippen LogP contribution in [0.2, 0.25) is 0 Å². The molecule has 0 unspecified atom stereocenters. The number of hydrogen-bond donors (Lipinski definition) is 2. The molecule has 0 bridgehead atoms. The fraction of sp³-hybridized carbons (Fsp3) is 0.773. The van der Waals surface area contributed by atoms with E-state index in [1.165, 1.54) is 9.47 Å². The predicted molar refractivity (Wildman–Crippen MR) is 126 cm³/mol. The molecule has 2 heterocycles. The first-order valence-corrected chi connectivity index (χ1v) is 11.6. The Morgan fingerprint density at radius 2 is 1.84 bits per heavy atom. The van der Waals surface area contributed by atoms with E-state index in [4.69, 9.17) is 5.73 Å². The maximum atomic E-state index is 13.3. The van der Waals surface area contributed by atoms with Gasteiger partial charge >= 0.3 is 5.69 Å². The summed E-state index contributed by atoms with van der Waals surface area (Å²) in [5.41, 5.74) is 5.18. The Bertz CT molecular complexity index is 839. The monoisotopic (exact) mass is 436 g/mol. The van der Waals surface area contributed by atoms with Gasteiger partial charge < -0.3 is 15.5 Å². The summed E-state index contributed by atoms with van der Waals surface area (Å²) in [6.45, 7) is 11.4. The van der Waals surface area contributed by atoms with Gasteiger partial charge in [-0.25, -0.2) is 4.79 Å². The third kappa shape index (κ3) is 6.20. The highest BCUT2D eigenvalue weighted by atomic mass is 16.2. The smallest absolute Gasteiger partial charge is 0.330 e. The van der Waals surface area contributed by atoms with Gasteiger partial charge in [-0.3, -0.25) is 24.0 Å². The molecule has 1 fully saturated rings. The largest absolute Gasteiger partial charge is 0.383 e. The van der Waals surface area contributed by atoms with E-state index in [1.54, 1.807) is 0 Å². The molecular weight excluding hydrogens is 396 g/mol. The van der Waals surface area contributed by atoms with Crippen LogP contribution in [0.5, 0.6) is 0 Å². The van der Waals surface area contributed by atoms with Gasteiger partial charge in [-0.2, -0.15) is 0 Å². The zero-order valence-corrected chi connectivity index (χ0v) is 19.8. The molecule has 9 heteroatoms. The standard InChI is InChI=1S/C22H40N6O3/c1-6-8-12-27(19-20(23)28(11-7-2)22(31)24-21(19)30)18(29)15-25(5)17-9-13-26(14-10-17)16(3)4/h16-17H,6-15,23H2,1-5H3,(H,24,30,31). The number of aromatic nitrogens is 2. The molecule has 0 aliphatic carbocycles. The number of amides is 1. The molecular formula is C22H40N6O3. The number of nitrogens with one attached hydrogen (secondary N) is 1. The van der Waals surface area contributed by atoms with E-state index in [-0.39, 0.29) is 24.0 Å². The van der Waals surface area contributed by atoms with Crippen molar-refractivity contribution in [2.24, 2.45) is 0 Å². The van der Waals surface area contributed by atoms with E-state index in [9.17, 15) is 14.4 Å². The highest BCUT2D eigenvalue weighted by molar-refractivity contribution is 5.96. The number of rotatable bonds is 10. The highest BCUT2D eigenvalue weighted by Gasteiger charge is 2.28. The van der Waals surface area contributed by atoms with Crippen molar-refractivity contribution in [3.8, 4) is 0 Å². The minimum absolute atomic E-state index is 0.0629. The third-order valence-electron chi connectivity index (χ3n) is 6.20. The van der Waals surface area contributed by atoms with E-state index in [1.807, 2.05) is 20.9 Å². The Morgan fingerprint density at radius 1 is 1.19 bits per heavy atom. The fourth-order valence-corrected chi connectivity index (χ4v) is 4.23.